The van der Waals surface area contributed by atoms with E-state index >= 15 is 0 Å². The number of halogens is 3. The van der Waals surface area contributed by atoms with Crippen LogP contribution in [0.15, 0.2) is 54.7 Å². The average molecular weight is 358 g/mol. The van der Waals surface area contributed by atoms with Gasteiger partial charge >= 0.3 is 0 Å². The third-order valence-electron chi connectivity index (χ3n) is 3.84. The van der Waals surface area contributed by atoms with Crippen LogP contribution in [0, 0.1) is 17.5 Å². The van der Waals surface area contributed by atoms with Crippen molar-refractivity contribution in [2.75, 3.05) is 16.8 Å². The van der Waals surface area contributed by atoms with Crippen LogP contribution in [0.3, 0.4) is 0 Å². The van der Waals surface area contributed by atoms with E-state index in [0.717, 1.165) is 17.7 Å². The minimum Gasteiger partial charge on any atom is -0.352 e. The van der Waals surface area contributed by atoms with Crippen molar-refractivity contribution in [1.82, 2.24) is 9.97 Å². The number of anilines is 3. The molecule has 0 spiro atoms. The summed E-state index contributed by atoms with van der Waals surface area (Å²) in [5.41, 5.74) is 0.890. The number of nitrogens with one attached hydrogen (secondary N) is 1. The molecule has 0 aliphatic rings. The van der Waals surface area contributed by atoms with Gasteiger partial charge in [-0.25, -0.2) is 18.2 Å². The van der Waals surface area contributed by atoms with Gasteiger partial charge in [-0.15, -0.1) is 0 Å². The molecule has 7 heteroatoms. The molecular weight excluding hydrogens is 341 g/mol. The van der Waals surface area contributed by atoms with Crippen molar-refractivity contribution in [2.45, 2.75) is 13.5 Å². The van der Waals surface area contributed by atoms with Gasteiger partial charge in [0.25, 0.3) is 0 Å². The van der Waals surface area contributed by atoms with Crippen molar-refractivity contribution in [3.05, 3.63) is 77.7 Å². The molecule has 0 fully saturated rings. The van der Waals surface area contributed by atoms with Crippen LogP contribution >= 0.6 is 0 Å². The van der Waals surface area contributed by atoms with Gasteiger partial charge in [-0.05, 0) is 30.7 Å². The third-order valence-corrected chi connectivity index (χ3v) is 3.84. The Bertz CT molecular complexity index is 887. The van der Waals surface area contributed by atoms with E-state index in [4.69, 9.17) is 0 Å². The zero-order valence-corrected chi connectivity index (χ0v) is 14.1. The molecule has 1 aromatic heterocycles. The topological polar surface area (TPSA) is 41.1 Å². The maximum Gasteiger partial charge on any atom is 0.229 e. The molecule has 2 aromatic carbocycles. The lowest BCUT2D eigenvalue weighted by atomic mass is 10.2. The van der Waals surface area contributed by atoms with E-state index in [1.54, 1.807) is 6.07 Å². The Kier molecular flexibility index (Phi) is 5.36. The van der Waals surface area contributed by atoms with Gasteiger partial charge in [0, 0.05) is 19.3 Å². The molecular formula is C19H17F3N4. The molecule has 0 aliphatic heterocycles. The Labute approximate surface area is 149 Å². The zero-order valence-electron chi connectivity index (χ0n) is 14.1. The summed E-state index contributed by atoms with van der Waals surface area (Å²) >= 11 is 0. The van der Waals surface area contributed by atoms with E-state index in [1.807, 2.05) is 42.2 Å². The van der Waals surface area contributed by atoms with Gasteiger partial charge in [0.1, 0.15) is 5.82 Å². The van der Waals surface area contributed by atoms with Gasteiger partial charge in [0.15, 0.2) is 17.5 Å². The first-order valence-electron chi connectivity index (χ1n) is 8.11. The molecule has 134 valence electrons. The molecule has 26 heavy (non-hydrogen) atoms. The number of nitrogens with zero attached hydrogens (tertiary/aromatic N) is 3. The number of hydrogen-bond donors (Lipinski definition) is 1. The van der Waals surface area contributed by atoms with Crippen LogP contribution < -0.4 is 10.2 Å². The highest BCUT2D eigenvalue weighted by Gasteiger charge is 2.15. The molecule has 0 radical (unpaired) electrons. The third kappa shape index (κ3) is 3.93. The van der Waals surface area contributed by atoms with E-state index in [-0.39, 0.29) is 11.6 Å². The summed E-state index contributed by atoms with van der Waals surface area (Å²) in [5.74, 6) is -3.36. The molecule has 3 rings (SSSR count). The largest absolute Gasteiger partial charge is 0.352 e. The molecule has 0 unspecified atom stereocenters. The molecule has 0 amide bonds. The lowest BCUT2D eigenvalue weighted by molar-refractivity contribution is 0.449. The van der Waals surface area contributed by atoms with Gasteiger partial charge < -0.3 is 10.2 Å². The van der Waals surface area contributed by atoms with Crippen LogP contribution in [-0.2, 0) is 6.54 Å². The van der Waals surface area contributed by atoms with Gasteiger partial charge in [-0.3, -0.25) is 0 Å². The molecule has 1 N–H and O–H groups in total. The number of aromatic nitrogens is 2. The molecule has 0 saturated heterocycles. The predicted molar refractivity (Wildman–Crippen MR) is 94.8 cm³/mol. The smallest absolute Gasteiger partial charge is 0.229 e. The van der Waals surface area contributed by atoms with Crippen molar-refractivity contribution in [2.24, 2.45) is 0 Å². The van der Waals surface area contributed by atoms with Gasteiger partial charge in [-0.1, -0.05) is 30.3 Å². The van der Waals surface area contributed by atoms with E-state index < -0.39 is 17.5 Å². The van der Waals surface area contributed by atoms with Crippen LogP contribution in [0.25, 0.3) is 0 Å². The van der Waals surface area contributed by atoms with Gasteiger partial charge in [0.2, 0.25) is 5.95 Å². The Hall–Kier alpha value is -3.09. The van der Waals surface area contributed by atoms with Crippen LogP contribution in [0.1, 0.15) is 12.5 Å². The second-order valence-electron chi connectivity index (χ2n) is 5.59. The Balaban J connectivity index is 1.82. The molecule has 0 aliphatic carbocycles. The first kappa shape index (κ1) is 17.7. The second kappa shape index (κ2) is 7.86. The first-order valence-corrected chi connectivity index (χ1v) is 8.11. The molecule has 4 nitrogen and oxygen atoms in total. The Morgan fingerprint density at radius 1 is 0.962 bits per heavy atom. The summed E-state index contributed by atoms with van der Waals surface area (Å²) in [5, 5.41) is 2.59. The summed E-state index contributed by atoms with van der Waals surface area (Å²) in [7, 11) is 0. The highest BCUT2D eigenvalue weighted by Crippen LogP contribution is 2.23. The van der Waals surface area contributed by atoms with Crippen molar-refractivity contribution in [3.8, 4) is 0 Å². The monoisotopic (exact) mass is 358 g/mol. The summed E-state index contributed by atoms with van der Waals surface area (Å²) in [6.07, 6.45) is 1.52. The normalized spacial score (nSPS) is 10.6. The molecule has 1 heterocycles. The standard InChI is InChI=1S/C19H17F3N4/c1-2-26(12-13-6-4-3-5-7-13)16-10-11-23-19(25-16)24-15-9-8-14(20)17(21)18(15)22/h3-11H,2,12H2,1H3,(H,23,24,25). The van der Waals surface area contributed by atoms with Gasteiger partial charge in [-0.2, -0.15) is 4.98 Å². The average Bonchev–Trinajstić information content (AvgIpc) is 2.67. The maximum atomic E-state index is 13.8. The summed E-state index contributed by atoms with van der Waals surface area (Å²) in [4.78, 5) is 10.4. The van der Waals surface area contributed by atoms with Crippen LogP contribution in [0.5, 0.6) is 0 Å². The number of hydrogen-bond acceptors (Lipinski definition) is 4. The fourth-order valence-electron chi connectivity index (χ4n) is 2.49. The van der Waals surface area contributed by atoms with Crippen molar-refractivity contribution in [1.29, 1.82) is 0 Å². The number of benzene rings is 2. The fraction of sp³-hybridized carbons (Fsp3) is 0.158. The highest BCUT2D eigenvalue weighted by atomic mass is 19.2. The predicted octanol–water partition coefficient (Wildman–Crippen LogP) is 4.66. The van der Waals surface area contributed by atoms with Crippen molar-refractivity contribution < 1.29 is 13.2 Å². The molecule has 0 bridgehead atoms. The minimum absolute atomic E-state index is 0.0962. The SMILES string of the molecule is CCN(Cc1ccccc1)c1ccnc(Nc2ccc(F)c(F)c2F)n1. The molecule has 3 aromatic rings. The van der Waals surface area contributed by atoms with E-state index in [0.29, 0.717) is 18.9 Å². The summed E-state index contributed by atoms with van der Waals surface area (Å²) in [6.45, 7) is 3.34. The van der Waals surface area contributed by atoms with E-state index in [9.17, 15) is 13.2 Å². The zero-order chi connectivity index (χ0) is 18.5. The minimum atomic E-state index is -1.54. The van der Waals surface area contributed by atoms with E-state index in [1.165, 1.54) is 6.20 Å². The molecule has 0 saturated carbocycles. The summed E-state index contributed by atoms with van der Waals surface area (Å²) < 4.78 is 40.2. The maximum absolute atomic E-state index is 13.8. The second-order valence-corrected chi connectivity index (χ2v) is 5.59. The quantitative estimate of drug-likeness (QED) is 0.651. The van der Waals surface area contributed by atoms with Crippen LogP contribution in [-0.4, -0.2) is 16.5 Å². The van der Waals surface area contributed by atoms with Gasteiger partial charge in [0.05, 0.1) is 5.69 Å². The highest BCUT2D eigenvalue weighted by molar-refractivity contribution is 5.56. The number of rotatable bonds is 6. The lowest BCUT2D eigenvalue weighted by Crippen LogP contribution is -2.23. The Morgan fingerprint density at radius 3 is 2.46 bits per heavy atom. The van der Waals surface area contributed by atoms with Crippen LogP contribution in [0.2, 0.25) is 0 Å². The van der Waals surface area contributed by atoms with Crippen molar-refractivity contribution >= 4 is 17.5 Å². The van der Waals surface area contributed by atoms with E-state index in [2.05, 4.69) is 15.3 Å². The fourth-order valence-corrected chi connectivity index (χ4v) is 2.49. The Morgan fingerprint density at radius 2 is 1.73 bits per heavy atom. The van der Waals surface area contributed by atoms with Crippen molar-refractivity contribution in [3.63, 3.8) is 0 Å². The first-order chi connectivity index (χ1) is 12.6. The van der Waals surface area contributed by atoms with Crippen LogP contribution in [0.4, 0.5) is 30.6 Å². The lowest BCUT2D eigenvalue weighted by Gasteiger charge is -2.22. The molecule has 0 atom stereocenters. The summed E-state index contributed by atoms with van der Waals surface area (Å²) in [6, 6.07) is 13.6.